The van der Waals surface area contributed by atoms with Crippen molar-refractivity contribution in [1.82, 2.24) is 10.3 Å². The summed E-state index contributed by atoms with van der Waals surface area (Å²) in [7, 11) is 0. The maximum Gasteiger partial charge on any atom is 0.255 e. The van der Waals surface area contributed by atoms with Gasteiger partial charge in [0.1, 0.15) is 0 Å². The van der Waals surface area contributed by atoms with Gasteiger partial charge in [0, 0.05) is 23.8 Å². The quantitative estimate of drug-likeness (QED) is 0.571. The fraction of sp³-hybridized carbons (Fsp3) is 0.455. The summed E-state index contributed by atoms with van der Waals surface area (Å²) in [6.45, 7) is 1.28. The fourth-order valence-electron chi connectivity index (χ4n) is 1.83. The maximum atomic E-state index is 12.0. The van der Waals surface area contributed by atoms with E-state index in [1.165, 1.54) is 0 Å². The van der Waals surface area contributed by atoms with Crippen LogP contribution in [0.3, 0.4) is 0 Å². The zero-order valence-electron chi connectivity index (χ0n) is 9.78. The summed E-state index contributed by atoms with van der Waals surface area (Å²) in [4.78, 5) is 16.0. The van der Waals surface area contributed by atoms with Gasteiger partial charge in [-0.2, -0.15) is 0 Å². The Hall–Kier alpha value is -1.18. The number of hydrogen-bond acceptors (Lipinski definition) is 5. The van der Waals surface area contributed by atoms with E-state index in [9.17, 15) is 4.79 Å². The van der Waals surface area contributed by atoms with E-state index >= 15 is 0 Å². The lowest BCUT2D eigenvalue weighted by Gasteiger charge is -2.12. The van der Waals surface area contributed by atoms with Gasteiger partial charge in [-0.15, -0.1) is 0 Å². The Morgan fingerprint density at radius 2 is 2.50 bits per heavy atom. The number of amides is 1. The van der Waals surface area contributed by atoms with Crippen molar-refractivity contribution < 1.29 is 9.53 Å². The second-order valence-corrected chi connectivity index (χ2v) is 4.95. The molecule has 2 rings (SSSR count). The normalized spacial score (nSPS) is 18.7. The first-order valence-electron chi connectivity index (χ1n) is 5.72. The van der Waals surface area contributed by atoms with Crippen molar-refractivity contribution in [3.8, 4) is 0 Å². The molecule has 2 heterocycles. The lowest BCUT2D eigenvalue weighted by Crippen LogP contribution is -2.32. The number of rotatable bonds is 4. The molecule has 1 unspecified atom stereocenters. The van der Waals surface area contributed by atoms with Crippen LogP contribution in [-0.4, -0.2) is 30.1 Å². The summed E-state index contributed by atoms with van der Waals surface area (Å²) in [6, 6.07) is 1.67. The van der Waals surface area contributed by atoms with Crippen molar-refractivity contribution in [3.63, 3.8) is 0 Å². The fourth-order valence-corrected chi connectivity index (χ4v) is 2.17. The maximum absolute atomic E-state index is 12.0. The average Bonchev–Trinajstić information content (AvgIpc) is 2.89. The molecule has 1 atom stereocenters. The second kappa shape index (κ2) is 6.12. The first-order chi connectivity index (χ1) is 8.70. The van der Waals surface area contributed by atoms with Crippen molar-refractivity contribution in [2.75, 3.05) is 18.6 Å². The lowest BCUT2D eigenvalue weighted by atomic mass is 10.2. The Balaban J connectivity index is 2.00. The van der Waals surface area contributed by atoms with E-state index in [-0.39, 0.29) is 12.0 Å². The molecule has 1 amide bonds. The van der Waals surface area contributed by atoms with Gasteiger partial charge in [-0.25, -0.2) is 10.8 Å². The van der Waals surface area contributed by atoms with Crippen LogP contribution in [0.1, 0.15) is 23.2 Å². The zero-order chi connectivity index (χ0) is 13.0. The van der Waals surface area contributed by atoms with Crippen LogP contribution in [0.5, 0.6) is 0 Å². The van der Waals surface area contributed by atoms with E-state index in [1.807, 2.05) is 0 Å². The van der Waals surface area contributed by atoms with Gasteiger partial charge >= 0.3 is 0 Å². The number of nitrogens with zero attached hydrogens (tertiary/aromatic N) is 1. The van der Waals surface area contributed by atoms with Crippen LogP contribution in [-0.2, 0) is 4.74 Å². The molecule has 0 aromatic carbocycles. The minimum absolute atomic E-state index is 0.114. The Labute approximate surface area is 113 Å². The molecule has 1 aromatic heterocycles. The number of anilines is 1. The summed E-state index contributed by atoms with van der Waals surface area (Å²) < 4.78 is 6.17. The highest BCUT2D eigenvalue weighted by Gasteiger charge is 2.18. The molecule has 7 heteroatoms. The molecule has 1 fully saturated rings. The van der Waals surface area contributed by atoms with Gasteiger partial charge in [-0.1, -0.05) is 0 Å². The van der Waals surface area contributed by atoms with Gasteiger partial charge in [0.25, 0.3) is 5.91 Å². The number of hydrazine groups is 1. The van der Waals surface area contributed by atoms with Gasteiger partial charge in [0.15, 0.2) is 5.82 Å². The monoisotopic (exact) mass is 314 g/mol. The molecule has 1 aliphatic heterocycles. The van der Waals surface area contributed by atoms with E-state index in [0.717, 1.165) is 23.9 Å². The molecule has 6 nitrogen and oxygen atoms in total. The number of hydrogen-bond donors (Lipinski definition) is 3. The molecular formula is C11H15BrN4O2. The summed E-state index contributed by atoms with van der Waals surface area (Å²) >= 11 is 3.28. The Bertz CT molecular complexity index is 435. The standard InChI is InChI=1S/C11H15BrN4O2/c12-7-4-9(10(16-13)14-5-7)11(17)15-6-8-2-1-3-18-8/h4-5,8H,1-3,6,13H2,(H,14,16)(H,15,17). The van der Waals surface area contributed by atoms with Crippen molar-refractivity contribution in [2.24, 2.45) is 5.84 Å². The van der Waals surface area contributed by atoms with E-state index in [0.29, 0.717) is 17.9 Å². The van der Waals surface area contributed by atoms with Crippen LogP contribution in [0.15, 0.2) is 16.7 Å². The van der Waals surface area contributed by atoms with E-state index < -0.39 is 0 Å². The van der Waals surface area contributed by atoms with Gasteiger partial charge < -0.3 is 15.5 Å². The van der Waals surface area contributed by atoms with Gasteiger partial charge in [0.05, 0.1) is 11.7 Å². The number of aromatic nitrogens is 1. The molecule has 1 aliphatic rings. The van der Waals surface area contributed by atoms with Gasteiger partial charge in [-0.05, 0) is 34.8 Å². The smallest absolute Gasteiger partial charge is 0.255 e. The first kappa shape index (κ1) is 13.3. The highest BCUT2D eigenvalue weighted by Crippen LogP contribution is 2.17. The third kappa shape index (κ3) is 3.18. The van der Waals surface area contributed by atoms with Crippen LogP contribution in [0.2, 0.25) is 0 Å². The Kier molecular flexibility index (Phi) is 4.51. The van der Waals surface area contributed by atoms with Crippen molar-refractivity contribution in [2.45, 2.75) is 18.9 Å². The van der Waals surface area contributed by atoms with E-state index in [2.05, 4.69) is 31.7 Å². The van der Waals surface area contributed by atoms with Crippen LogP contribution in [0.4, 0.5) is 5.82 Å². The van der Waals surface area contributed by atoms with Crippen molar-refractivity contribution in [1.29, 1.82) is 0 Å². The SMILES string of the molecule is NNc1ncc(Br)cc1C(=O)NCC1CCCO1. The zero-order valence-corrected chi connectivity index (χ0v) is 11.4. The lowest BCUT2D eigenvalue weighted by molar-refractivity contribution is 0.0858. The second-order valence-electron chi connectivity index (χ2n) is 4.04. The predicted molar refractivity (Wildman–Crippen MR) is 71.1 cm³/mol. The Morgan fingerprint density at radius 1 is 1.67 bits per heavy atom. The molecule has 0 spiro atoms. The van der Waals surface area contributed by atoms with E-state index in [4.69, 9.17) is 10.6 Å². The number of carbonyl (C=O) groups excluding carboxylic acids is 1. The number of halogens is 1. The third-order valence-electron chi connectivity index (χ3n) is 2.75. The third-order valence-corrected chi connectivity index (χ3v) is 3.18. The predicted octanol–water partition coefficient (Wildman–Crippen LogP) is 1.04. The number of ether oxygens (including phenoxy) is 1. The molecule has 0 aliphatic carbocycles. The molecule has 0 bridgehead atoms. The minimum atomic E-state index is -0.216. The summed E-state index contributed by atoms with van der Waals surface area (Å²) in [6.07, 6.45) is 3.72. The minimum Gasteiger partial charge on any atom is -0.376 e. The van der Waals surface area contributed by atoms with Crippen molar-refractivity contribution >= 4 is 27.7 Å². The number of pyridine rings is 1. The molecule has 1 aromatic rings. The van der Waals surface area contributed by atoms with Crippen LogP contribution in [0.25, 0.3) is 0 Å². The van der Waals surface area contributed by atoms with E-state index in [1.54, 1.807) is 12.3 Å². The molecule has 0 saturated carbocycles. The van der Waals surface area contributed by atoms with Crippen LogP contribution >= 0.6 is 15.9 Å². The number of nitrogen functional groups attached to an aromatic ring is 1. The molecule has 18 heavy (non-hydrogen) atoms. The topological polar surface area (TPSA) is 89.3 Å². The summed E-state index contributed by atoms with van der Waals surface area (Å²) in [5.41, 5.74) is 2.81. The summed E-state index contributed by atoms with van der Waals surface area (Å²) in [5.74, 6) is 5.46. The molecular weight excluding hydrogens is 300 g/mol. The number of nitrogens with one attached hydrogen (secondary N) is 2. The number of carbonyl (C=O) groups is 1. The number of nitrogens with two attached hydrogens (primary N) is 1. The highest BCUT2D eigenvalue weighted by molar-refractivity contribution is 9.10. The first-order valence-corrected chi connectivity index (χ1v) is 6.52. The average molecular weight is 315 g/mol. The van der Waals surface area contributed by atoms with Gasteiger partial charge in [0.2, 0.25) is 0 Å². The molecule has 0 radical (unpaired) electrons. The highest BCUT2D eigenvalue weighted by atomic mass is 79.9. The summed E-state index contributed by atoms with van der Waals surface area (Å²) in [5, 5.41) is 2.82. The van der Waals surface area contributed by atoms with Crippen LogP contribution in [0, 0.1) is 0 Å². The van der Waals surface area contributed by atoms with Crippen molar-refractivity contribution in [3.05, 3.63) is 22.3 Å². The molecule has 1 saturated heterocycles. The largest absolute Gasteiger partial charge is 0.376 e. The Morgan fingerprint density at radius 3 is 3.17 bits per heavy atom. The molecule has 98 valence electrons. The van der Waals surface area contributed by atoms with Gasteiger partial charge in [-0.3, -0.25) is 4.79 Å². The van der Waals surface area contributed by atoms with Crippen LogP contribution < -0.4 is 16.6 Å². The molecule has 4 N–H and O–H groups in total.